The van der Waals surface area contributed by atoms with Gasteiger partial charge in [-0.3, -0.25) is 0 Å². The minimum absolute atomic E-state index is 0.106. The SMILES string of the molecule is Cc1c(O)c(O)c(C)c2c1Sc1c(C)c(O)c(O)c(C)c1S2. The summed E-state index contributed by atoms with van der Waals surface area (Å²) < 4.78 is 0. The van der Waals surface area contributed by atoms with Gasteiger partial charge < -0.3 is 20.4 Å². The Kier molecular flexibility index (Phi) is 3.41. The summed E-state index contributed by atoms with van der Waals surface area (Å²) in [6, 6.07) is 0. The molecule has 0 aromatic heterocycles. The molecule has 0 fully saturated rings. The third-order valence-electron chi connectivity index (χ3n) is 4.05. The van der Waals surface area contributed by atoms with Crippen molar-refractivity contribution in [3.8, 4) is 23.0 Å². The molecule has 0 aliphatic carbocycles. The van der Waals surface area contributed by atoms with Crippen LogP contribution in [0.5, 0.6) is 23.0 Å². The van der Waals surface area contributed by atoms with Crippen LogP contribution in [-0.4, -0.2) is 20.4 Å². The molecule has 0 saturated heterocycles. The lowest BCUT2D eigenvalue weighted by atomic mass is 10.1. The average Bonchev–Trinajstić information content (AvgIpc) is 2.52. The van der Waals surface area contributed by atoms with Gasteiger partial charge in [-0.25, -0.2) is 0 Å². The van der Waals surface area contributed by atoms with E-state index in [1.165, 1.54) is 23.5 Å². The summed E-state index contributed by atoms with van der Waals surface area (Å²) in [7, 11) is 0. The van der Waals surface area contributed by atoms with E-state index in [0.717, 1.165) is 19.6 Å². The fourth-order valence-corrected chi connectivity index (χ4v) is 5.41. The van der Waals surface area contributed by atoms with Crippen molar-refractivity contribution in [2.45, 2.75) is 47.3 Å². The molecule has 0 unspecified atom stereocenters. The lowest BCUT2D eigenvalue weighted by Gasteiger charge is -2.26. The van der Waals surface area contributed by atoms with Crippen molar-refractivity contribution in [1.29, 1.82) is 0 Å². The summed E-state index contributed by atoms with van der Waals surface area (Å²) in [6.07, 6.45) is 0. The highest BCUT2D eigenvalue weighted by Crippen LogP contribution is 2.59. The number of hydrogen-bond acceptors (Lipinski definition) is 6. The van der Waals surface area contributed by atoms with E-state index in [-0.39, 0.29) is 23.0 Å². The molecule has 1 aliphatic heterocycles. The van der Waals surface area contributed by atoms with Crippen LogP contribution in [0, 0.1) is 27.7 Å². The highest BCUT2D eigenvalue weighted by Gasteiger charge is 2.30. The molecule has 116 valence electrons. The van der Waals surface area contributed by atoms with Crippen LogP contribution >= 0.6 is 23.5 Å². The van der Waals surface area contributed by atoms with E-state index in [4.69, 9.17) is 0 Å². The zero-order valence-electron chi connectivity index (χ0n) is 12.6. The minimum Gasteiger partial charge on any atom is -0.504 e. The third-order valence-corrected chi connectivity index (χ3v) is 7.17. The highest BCUT2D eigenvalue weighted by molar-refractivity contribution is 8.05. The van der Waals surface area contributed by atoms with Crippen LogP contribution in [0.2, 0.25) is 0 Å². The fourth-order valence-electron chi connectivity index (χ4n) is 2.52. The molecule has 4 N–H and O–H groups in total. The van der Waals surface area contributed by atoms with Gasteiger partial charge in [-0.1, -0.05) is 23.5 Å². The molecule has 0 amide bonds. The molecular weight excluding hydrogens is 320 g/mol. The second-order valence-corrected chi connectivity index (χ2v) is 7.46. The summed E-state index contributed by atoms with van der Waals surface area (Å²) in [5.74, 6) is -0.425. The molecule has 0 saturated carbocycles. The van der Waals surface area contributed by atoms with Crippen LogP contribution in [0.1, 0.15) is 22.3 Å². The number of phenols is 4. The molecule has 2 aromatic carbocycles. The van der Waals surface area contributed by atoms with Gasteiger partial charge >= 0.3 is 0 Å². The first-order chi connectivity index (χ1) is 10.3. The first-order valence-corrected chi connectivity index (χ1v) is 8.34. The van der Waals surface area contributed by atoms with Crippen LogP contribution in [0.25, 0.3) is 0 Å². The minimum atomic E-state index is -0.106. The summed E-state index contributed by atoms with van der Waals surface area (Å²) in [5.41, 5.74) is 2.47. The molecule has 0 spiro atoms. The van der Waals surface area contributed by atoms with E-state index in [9.17, 15) is 20.4 Å². The third kappa shape index (κ3) is 1.87. The van der Waals surface area contributed by atoms with E-state index in [2.05, 4.69) is 0 Å². The van der Waals surface area contributed by atoms with Crippen molar-refractivity contribution in [2.24, 2.45) is 0 Å². The van der Waals surface area contributed by atoms with Crippen molar-refractivity contribution < 1.29 is 20.4 Å². The molecule has 0 radical (unpaired) electrons. The maximum absolute atomic E-state index is 10.1. The number of benzene rings is 2. The molecule has 0 bridgehead atoms. The Morgan fingerprint density at radius 3 is 0.818 bits per heavy atom. The second kappa shape index (κ2) is 4.93. The second-order valence-electron chi connectivity index (χ2n) is 5.42. The number of phenolic OH excluding ortho intramolecular Hbond substituents is 4. The van der Waals surface area contributed by atoms with Gasteiger partial charge in [0.05, 0.1) is 0 Å². The first-order valence-electron chi connectivity index (χ1n) is 6.71. The molecule has 6 heteroatoms. The smallest absolute Gasteiger partial charge is 0.161 e. The Hall–Kier alpha value is -1.66. The first kappa shape index (κ1) is 15.2. The maximum atomic E-state index is 10.1. The standard InChI is InChI=1S/C16H16O4S2/c1-5-9(17)10(18)6(2)14-13(5)21-15-7(3)11(19)12(20)8(4)16(15)22-14/h17-20H,1-4H3. The molecule has 4 nitrogen and oxygen atoms in total. The van der Waals surface area contributed by atoms with Gasteiger partial charge in [0.15, 0.2) is 23.0 Å². The van der Waals surface area contributed by atoms with Crippen molar-refractivity contribution in [3.05, 3.63) is 22.3 Å². The van der Waals surface area contributed by atoms with E-state index < -0.39 is 0 Å². The zero-order valence-corrected chi connectivity index (χ0v) is 14.2. The summed E-state index contributed by atoms with van der Waals surface area (Å²) in [4.78, 5) is 3.49. The van der Waals surface area contributed by atoms with Crippen LogP contribution < -0.4 is 0 Å². The maximum Gasteiger partial charge on any atom is 0.161 e. The fraction of sp³-hybridized carbons (Fsp3) is 0.250. The quantitative estimate of drug-likeness (QED) is 0.457. The van der Waals surface area contributed by atoms with Crippen molar-refractivity contribution >= 4 is 23.5 Å². The lowest BCUT2D eigenvalue weighted by molar-refractivity contribution is 0.393. The van der Waals surface area contributed by atoms with Gasteiger partial charge in [-0.15, -0.1) is 0 Å². The lowest BCUT2D eigenvalue weighted by Crippen LogP contribution is -2.00. The number of fused-ring (bicyclic) bond motifs is 2. The van der Waals surface area contributed by atoms with Gasteiger partial charge in [0.2, 0.25) is 0 Å². The van der Waals surface area contributed by atoms with Crippen LogP contribution in [-0.2, 0) is 0 Å². The van der Waals surface area contributed by atoms with Crippen LogP contribution in [0.3, 0.4) is 0 Å². The van der Waals surface area contributed by atoms with Crippen LogP contribution in [0.15, 0.2) is 19.6 Å². The van der Waals surface area contributed by atoms with E-state index in [1.54, 1.807) is 27.7 Å². The summed E-state index contributed by atoms with van der Waals surface area (Å²) in [5, 5.41) is 40.2. The van der Waals surface area contributed by atoms with Crippen LogP contribution in [0.4, 0.5) is 0 Å². The van der Waals surface area contributed by atoms with E-state index >= 15 is 0 Å². The zero-order chi connectivity index (χ0) is 16.3. The normalized spacial score (nSPS) is 12.9. The monoisotopic (exact) mass is 336 g/mol. The van der Waals surface area contributed by atoms with E-state index in [0.29, 0.717) is 22.3 Å². The molecule has 1 aliphatic rings. The topological polar surface area (TPSA) is 80.9 Å². The number of rotatable bonds is 0. The molecular formula is C16H16O4S2. The number of hydrogen-bond donors (Lipinski definition) is 4. The highest BCUT2D eigenvalue weighted by atomic mass is 32.2. The average molecular weight is 336 g/mol. The van der Waals surface area contributed by atoms with Gasteiger partial charge in [0.25, 0.3) is 0 Å². The Morgan fingerprint density at radius 1 is 0.455 bits per heavy atom. The molecule has 22 heavy (non-hydrogen) atoms. The van der Waals surface area contributed by atoms with Crippen molar-refractivity contribution in [2.75, 3.05) is 0 Å². The summed E-state index contributed by atoms with van der Waals surface area (Å²) in [6.45, 7) is 7.03. The Bertz CT molecular complexity index is 693. The van der Waals surface area contributed by atoms with Crippen molar-refractivity contribution in [3.63, 3.8) is 0 Å². The number of aromatic hydroxyl groups is 4. The predicted molar refractivity (Wildman–Crippen MR) is 86.7 cm³/mol. The largest absolute Gasteiger partial charge is 0.504 e. The predicted octanol–water partition coefficient (Wildman–Crippen LogP) is 4.36. The molecule has 3 rings (SSSR count). The molecule has 0 atom stereocenters. The molecule has 1 heterocycles. The van der Waals surface area contributed by atoms with Gasteiger partial charge in [0.1, 0.15) is 0 Å². The van der Waals surface area contributed by atoms with Gasteiger partial charge in [-0.05, 0) is 27.7 Å². The Morgan fingerprint density at radius 2 is 0.636 bits per heavy atom. The van der Waals surface area contributed by atoms with Gasteiger partial charge in [0, 0.05) is 41.8 Å². The Balaban J connectivity index is 2.32. The molecule has 2 aromatic rings. The van der Waals surface area contributed by atoms with E-state index in [1.807, 2.05) is 0 Å². The van der Waals surface area contributed by atoms with Gasteiger partial charge in [-0.2, -0.15) is 0 Å². The van der Waals surface area contributed by atoms with Crippen molar-refractivity contribution in [1.82, 2.24) is 0 Å². The summed E-state index contributed by atoms with van der Waals surface area (Å²) >= 11 is 2.89. The Labute approximate surface area is 136 Å².